The SMILES string of the molecule is CCc1ccc(C(O)C(C)(C)C)o1. The highest BCUT2D eigenvalue weighted by Crippen LogP contribution is 2.33. The molecule has 1 rings (SSSR count). The van der Waals surface area contributed by atoms with Gasteiger partial charge < -0.3 is 9.52 Å². The van der Waals surface area contributed by atoms with Gasteiger partial charge in [0.05, 0.1) is 0 Å². The third-order valence-electron chi connectivity index (χ3n) is 2.12. The lowest BCUT2D eigenvalue weighted by atomic mass is 9.88. The quantitative estimate of drug-likeness (QED) is 0.762. The fourth-order valence-electron chi connectivity index (χ4n) is 1.16. The summed E-state index contributed by atoms with van der Waals surface area (Å²) >= 11 is 0. The Morgan fingerprint density at radius 1 is 1.38 bits per heavy atom. The van der Waals surface area contributed by atoms with Crippen LogP contribution >= 0.6 is 0 Å². The number of aliphatic hydroxyl groups excluding tert-OH is 1. The van der Waals surface area contributed by atoms with Crippen molar-refractivity contribution in [2.24, 2.45) is 5.41 Å². The van der Waals surface area contributed by atoms with Gasteiger partial charge in [0.1, 0.15) is 17.6 Å². The van der Waals surface area contributed by atoms with Crippen LogP contribution in [0.3, 0.4) is 0 Å². The summed E-state index contributed by atoms with van der Waals surface area (Å²) < 4.78 is 5.47. The van der Waals surface area contributed by atoms with Gasteiger partial charge in [-0.3, -0.25) is 0 Å². The lowest BCUT2D eigenvalue weighted by molar-refractivity contribution is 0.0425. The molecule has 0 saturated carbocycles. The van der Waals surface area contributed by atoms with Crippen LogP contribution < -0.4 is 0 Å². The molecule has 13 heavy (non-hydrogen) atoms. The van der Waals surface area contributed by atoms with Gasteiger partial charge in [-0.2, -0.15) is 0 Å². The van der Waals surface area contributed by atoms with Crippen LogP contribution in [-0.2, 0) is 6.42 Å². The summed E-state index contributed by atoms with van der Waals surface area (Å²) in [6.45, 7) is 8.01. The lowest BCUT2D eigenvalue weighted by Crippen LogP contribution is -2.17. The number of rotatable bonds is 2. The number of aryl methyl sites for hydroxylation is 1. The first-order valence-corrected chi connectivity index (χ1v) is 4.72. The van der Waals surface area contributed by atoms with Gasteiger partial charge in [-0.25, -0.2) is 0 Å². The largest absolute Gasteiger partial charge is 0.463 e. The summed E-state index contributed by atoms with van der Waals surface area (Å²) in [6, 6.07) is 3.78. The third-order valence-corrected chi connectivity index (χ3v) is 2.12. The second kappa shape index (κ2) is 3.54. The molecule has 0 fully saturated rings. The fraction of sp³-hybridized carbons (Fsp3) is 0.636. The molecule has 0 amide bonds. The highest BCUT2D eigenvalue weighted by Gasteiger charge is 2.26. The van der Waals surface area contributed by atoms with Crippen LogP contribution in [0.4, 0.5) is 0 Å². The van der Waals surface area contributed by atoms with E-state index in [1.807, 2.05) is 39.8 Å². The summed E-state index contributed by atoms with van der Waals surface area (Å²) in [5.41, 5.74) is -0.164. The van der Waals surface area contributed by atoms with E-state index in [4.69, 9.17) is 4.42 Å². The summed E-state index contributed by atoms with van der Waals surface area (Å²) in [6.07, 6.45) is 0.351. The molecule has 0 radical (unpaired) electrons. The van der Waals surface area contributed by atoms with Crippen molar-refractivity contribution in [3.63, 3.8) is 0 Å². The first-order chi connectivity index (χ1) is 5.95. The van der Waals surface area contributed by atoms with Gasteiger partial charge in [0.15, 0.2) is 0 Å². The summed E-state index contributed by atoms with van der Waals surface area (Å²) in [5.74, 6) is 1.60. The molecule has 74 valence electrons. The van der Waals surface area contributed by atoms with Crippen molar-refractivity contribution in [3.8, 4) is 0 Å². The molecular formula is C11H18O2. The maximum Gasteiger partial charge on any atom is 0.133 e. The van der Waals surface area contributed by atoms with E-state index < -0.39 is 6.10 Å². The third kappa shape index (κ3) is 2.34. The first kappa shape index (κ1) is 10.3. The Morgan fingerprint density at radius 2 is 2.00 bits per heavy atom. The number of furan rings is 1. The number of hydrogen-bond acceptors (Lipinski definition) is 2. The van der Waals surface area contributed by atoms with Crippen LogP contribution in [0.15, 0.2) is 16.5 Å². The molecule has 2 heteroatoms. The molecule has 1 unspecified atom stereocenters. The molecule has 0 aliphatic carbocycles. The van der Waals surface area contributed by atoms with E-state index in [9.17, 15) is 5.11 Å². The second-order valence-electron chi connectivity index (χ2n) is 4.43. The normalized spacial score (nSPS) is 14.5. The van der Waals surface area contributed by atoms with Crippen LogP contribution in [0.5, 0.6) is 0 Å². The molecule has 1 aromatic heterocycles. The minimum atomic E-state index is -0.521. The van der Waals surface area contributed by atoms with Crippen LogP contribution in [0.1, 0.15) is 45.3 Å². The Kier molecular flexibility index (Phi) is 2.81. The minimum Gasteiger partial charge on any atom is -0.463 e. The van der Waals surface area contributed by atoms with Crippen molar-refractivity contribution in [1.82, 2.24) is 0 Å². The molecular weight excluding hydrogens is 164 g/mol. The Hall–Kier alpha value is -0.760. The van der Waals surface area contributed by atoms with Crippen molar-refractivity contribution in [2.75, 3.05) is 0 Å². The van der Waals surface area contributed by atoms with Gasteiger partial charge in [0, 0.05) is 6.42 Å². The van der Waals surface area contributed by atoms with Gasteiger partial charge in [0.2, 0.25) is 0 Å². The Morgan fingerprint density at radius 3 is 2.38 bits per heavy atom. The molecule has 1 heterocycles. The van der Waals surface area contributed by atoms with Crippen LogP contribution in [0, 0.1) is 5.41 Å². The van der Waals surface area contributed by atoms with Crippen molar-refractivity contribution in [3.05, 3.63) is 23.7 Å². The number of aliphatic hydroxyl groups is 1. The smallest absolute Gasteiger partial charge is 0.133 e. The zero-order valence-electron chi connectivity index (χ0n) is 8.79. The highest BCUT2D eigenvalue weighted by molar-refractivity contribution is 5.10. The lowest BCUT2D eigenvalue weighted by Gasteiger charge is -2.23. The topological polar surface area (TPSA) is 33.4 Å². The minimum absolute atomic E-state index is 0.164. The van der Waals surface area contributed by atoms with E-state index >= 15 is 0 Å². The van der Waals surface area contributed by atoms with Gasteiger partial charge in [-0.1, -0.05) is 27.7 Å². The Labute approximate surface area is 79.6 Å². The molecule has 1 aromatic rings. The summed E-state index contributed by atoms with van der Waals surface area (Å²) in [5, 5.41) is 9.87. The number of hydrogen-bond donors (Lipinski definition) is 1. The van der Waals surface area contributed by atoms with Gasteiger partial charge in [0.25, 0.3) is 0 Å². The zero-order valence-corrected chi connectivity index (χ0v) is 8.79. The fourth-order valence-corrected chi connectivity index (χ4v) is 1.16. The van der Waals surface area contributed by atoms with E-state index in [0.29, 0.717) is 5.76 Å². The Balaban J connectivity index is 2.83. The molecule has 0 aliphatic heterocycles. The van der Waals surface area contributed by atoms with E-state index in [1.165, 1.54) is 0 Å². The van der Waals surface area contributed by atoms with Crippen LogP contribution in [-0.4, -0.2) is 5.11 Å². The molecule has 1 N–H and O–H groups in total. The predicted molar refractivity (Wildman–Crippen MR) is 52.5 cm³/mol. The molecule has 0 spiro atoms. The standard InChI is InChI=1S/C11H18O2/c1-5-8-6-7-9(13-8)10(12)11(2,3)4/h6-7,10,12H,5H2,1-4H3. The molecule has 0 bridgehead atoms. The average molecular weight is 182 g/mol. The van der Waals surface area contributed by atoms with Gasteiger partial charge in [-0.15, -0.1) is 0 Å². The van der Waals surface area contributed by atoms with Crippen molar-refractivity contribution in [2.45, 2.75) is 40.2 Å². The highest BCUT2D eigenvalue weighted by atomic mass is 16.4. The summed E-state index contributed by atoms with van der Waals surface area (Å²) in [7, 11) is 0. The molecule has 0 aliphatic rings. The molecule has 2 nitrogen and oxygen atoms in total. The second-order valence-corrected chi connectivity index (χ2v) is 4.43. The van der Waals surface area contributed by atoms with Gasteiger partial charge in [-0.05, 0) is 17.5 Å². The van der Waals surface area contributed by atoms with Crippen molar-refractivity contribution < 1.29 is 9.52 Å². The molecule has 0 saturated heterocycles. The maximum absolute atomic E-state index is 9.87. The van der Waals surface area contributed by atoms with Crippen molar-refractivity contribution in [1.29, 1.82) is 0 Å². The predicted octanol–water partition coefficient (Wildman–Crippen LogP) is 2.92. The molecule has 0 aromatic carbocycles. The zero-order chi connectivity index (χ0) is 10.1. The van der Waals surface area contributed by atoms with Crippen LogP contribution in [0.25, 0.3) is 0 Å². The van der Waals surface area contributed by atoms with Crippen molar-refractivity contribution >= 4 is 0 Å². The first-order valence-electron chi connectivity index (χ1n) is 4.72. The van der Waals surface area contributed by atoms with Crippen LogP contribution in [0.2, 0.25) is 0 Å². The van der Waals surface area contributed by atoms with Gasteiger partial charge >= 0.3 is 0 Å². The van der Waals surface area contributed by atoms with E-state index in [2.05, 4.69) is 0 Å². The van der Waals surface area contributed by atoms with E-state index in [-0.39, 0.29) is 5.41 Å². The van der Waals surface area contributed by atoms with E-state index in [1.54, 1.807) is 0 Å². The monoisotopic (exact) mass is 182 g/mol. The molecule has 1 atom stereocenters. The maximum atomic E-state index is 9.87. The summed E-state index contributed by atoms with van der Waals surface area (Å²) in [4.78, 5) is 0. The van der Waals surface area contributed by atoms with E-state index in [0.717, 1.165) is 12.2 Å². The Bertz CT molecular complexity index is 268. The average Bonchev–Trinajstić information content (AvgIpc) is 2.48.